The molecule has 0 radical (unpaired) electrons. The maximum atomic E-state index is 13.3. The highest BCUT2D eigenvalue weighted by molar-refractivity contribution is 6.32. The van der Waals surface area contributed by atoms with Gasteiger partial charge in [-0.15, -0.1) is 0 Å². The molecule has 0 saturated carbocycles. The summed E-state index contributed by atoms with van der Waals surface area (Å²) < 4.78 is 1.49. The predicted molar refractivity (Wildman–Crippen MR) is 146 cm³/mol. The van der Waals surface area contributed by atoms with E-state index >= 15 is 0 Å². The summed E-state index contributed by atoms with van der Waals surface area (Å²) in [5.74, 6) is -1.97. The van der Waals surface area contributed by atoms with E-state index in [1.54, 1.807) is 74.6 Å². The first-order chi connectivity index (χ1) is 18.7. The first kappa shape index (κ1) is 25.2. The molecule has 39 heavy (non-hydrogen) atoms. The zero-order chi connectivity index (χ0) is 27.7. The van der Waals surface area contributed by atoms with Crippen molar-refractivity contribution in [3.63, 3.8) is 0 Å². The van der Waals surface area contributed by atoms with Crippen LogP contribution in [0.5, 0.6) is 0 Å². The van der Waals surface area contributed by atoms with Crippen LogP contribution in [0.3, 0.4) is 0 Å². The van der Waals surface area contributed by atoms with E-state index in [-0.39, 0.29) is 23.2 Å². The van der Waals surface area contributed by atoms with Crippen LogP contribution < -0.4 is 16.0 Å². The molecule has 5 rings (SSSR count). The fraction of sp³-hybridized carbons (Fsp3) is 0.0690. The SMILES string of the molecule is Cc1cc(C(=O)Nc2cccc(C(=O)c3ccc4c(c3)NC(=O)/C4=C/Nc3ccc(C(=O)O)cc3)c2)n(C)n1. The molecule has 3 aromatic carbocycles. The summed E-state index contributed by atoms with van der Waals surface area (Å²) in [6.07, 6.45) is 1.54. The number of amides is 2. The van der Waals surface area contributed by atoms with Crippen LogP contribution in [0.1, 0.15) is 48.0 Å². The topological polar surface area (TPSA) is 142 Å². The van der Waals surface area contributed by atoms with Crippen molar-refractivity contribution in [1.82, 2.24) is 9.78 Å². The van der Waals surface area contributed by atoms with Crippen LogP contribution in [-0.2, 0) is 11.8 Å². The highest BCUT2D eigenvalue weighted by Gasteiger charge is 2.25. The molecule has 1 aliphatic rings. The molecule has 1 aromatic heterocycles. The number of anilines is 3. The zero-order valence-corrected chi connectivity index (χ0v) is 21.0. The number of carbonyl (C=O) groups excluding carboxylic acids is 3. The molecule has 194 valence electrons. The monoisotopic (exact) mass is 521 g/mol. The quantitative estimate of drug-likeness (QED) is 0.210. The number of carboxylic acids is 1. The molecule has 2 amide bonds. The number of carboxylic acid groups (broad SMARTS) is 1. The van der Waals surface area contributed by atoms with Crippen LogP contribution in [0.2, 0.25) is 0 Å². The van der Waals surface area contributed by atoms with Crippen molar-refractivity contribution < 1.29 is 24.3 Å². The number of rotatable bonds is 7. The van der Waals surface area contributed by atoms with Gasteiger partial charge in [-0.1, -0.05) is 24.3 Å². The van der Waals surface area contributed by atoms with Crippen molar-refractivity contribution in [1.29, 1.82) is 0 Å². The van der Waals surface area contributed by atoms with Gasteiger partial charge in [0, 0.05) is 47.0 Å². The number of aryl methyl sites for hydroxylation is 2. The minimum Gasteiger partial charge on any atom is -0.478 e. The zero-order valence-electron chi connectivity index (χ0n) is 21.0. The summed E-state index contributed by atoms with van der Waals surface area (Å²) in [5.41, 5.74) is 4.60. The van der Waals surface area contributed by atoms with E-state index in [0.29, 0.717) is 45.0 Å². The number of hydrogen-bond donors (Lipinski definition) is 4. The third-order valence-electron chi connectivity index (χ3n) is 6.20. The Hall–Kier alpha value is -5.51. The van der Waals surface area contributed by atoms with Crippen molar-refractivity contribution in [2.24, 2.45) is 7.05 Å². The number of nitrogens with one attached hydrogen (secondary N) is 3. The molecular weight excluding hydrogens is 498 g/mol. The second-order valence-corrected chi connectivity index (χ2v) is 8.96. The second-order valence-electron chi connectivity index (χ2n) is 8.96. The van der Waals surface area contributed by atoms with E-state index in [0.717, 1.165) is 5.69 Å². The van der Waals surface area contributed by atoms with Crippen LogP contribution in [0.25, 0.3) is 5.57 Å². The van der Waals surface area contributed by atoms with Gasteiger partial charge < -0.3 is 21.1 Å². The van der Waals surface area contributed by atoms with Gasteiger partial charge in [0.2, 0.25) is 0 Å². The number of aromatic nitrogens is 2. The lowest BCUT2D eigenvalue weighted by molar-refractivity contribution is -0.110. The van der Waals surface area contributed by atoms with Gasteiger partial charge in [-0.05, 0) is 55.5 Å². The summed E-state index contributed by atoms with van der Waals surface area (Å²) in [6.45, 7) is 1.80. The van der Waals surface area contributed by atoms with Gasteiger partial charge in [-0.2, -0.15) is 5.10 Å². The number of benzene rings is 3. The van der Waals surface area contributed by atoms with Crippen LogP contribution in [0, 0.1) is 6.92 Å². The lowest BCUT2D eigenvalue weighted by Gasteiger charge is -2.08. The van der Waals surface area contributed by atoms with Gasteiger partial charge in [0.25, 0.3) is 11.8 Å². The Morgan fingerprint density at radius 3 is 2.33 bits per heavy atom. The number of fused-ring (bicyclic) bond motifs is 1. The molecule has 0 fully saturated rings. The highest BCUT2D eigenvalue weighted by atomic mass is 16.4. The summed E-state index contributed by atoms with van der Waals surface area (Å²) in [4.78, 5) is 49.5. The second kappa shape index (κ2) is 10.1. The van der Waals surface area contributed by atoms with E-state index in [1.165, 1.54) is 23.0 Å². The van der Waals surface area contributed by atoms with Crippen LogP contribution in [-0.4, -0.2) is 38.5 Å². The van der Waals surface area contributed by atoms with Gasteiger partial charge >= 0.3 is 5.97 Å². The van der Waals surface area contributed by atoms with Gasteiger partial charge in [0.15, 0.2) is 5.78 Å². The molecule has 0 spiro atoms. The number of carbonyl (C=O) groups is 4. The van der Waals surface area contributed by atoms with E-state index in [9.17, 15) is 19.2 Å². The van der Waals surface area contributed by atoms with Gasteiger partial charge in [-0.25, -0.2) is 4.79 Å². The van der Waals surface area contributed by atoms with E-state index in [1.807, 2.05) is 0 Å². The Kier molecular flexibility index (Phi) is 6.51. The third kappa shape index (κ3) is 5.16. The number of nitrogens with zero attached hydrogens (tertiary/aromatic N) is 2. The minimum atomic E-state index is -1.02. The molecule has 4 N–H and O–H groups in total. The Morgan fingerprint density at radius 2 is 1.64 bits per heavy atom. The molecule has 2 heterocycles. The molecule has 1 aliphatic heterocycles. The maximum Gasteiger partial charge on any atom is 0.335 e. The summed E-state index contributed by atoms with van der Waals surface area (Å²) in [7, 11) is 1.68. The van der Waals surface area contributed by atoms with Crippen molar-refractivity contribution in [3.8, 4) is 0 Å². The molecule has 10 nitrogen and oxygen atoms in total. The highest BCUT2D eigenvalue weighted by Crippen LogP contribution is 2.33. The molecule has 0 aliphatic carbocycles. The van der Waals surface area contributed by atoms with Gasteiger partial charge in [-0.3, -0.25) is 19.1 Å². The summed E-state index contributed by atoms with van der Waals surface area (Å²) >= 11 is 0. The molecular formula is C29H23N5O5. The number of aromatic carboxylic acids is 1. The fourth-order valence-electron chi connectivity index (χ4n) is 4.27. The minimum absolute atomic E-state index is 0.158. The van der Waals surface area contributed by atoms with Gasteiger partial charge in [0.05, 0.1) is 16.8 Å². The van der Waals surface area contributed by atoms with E-state index in [2.05, 4.69) is 21.0 Å². The first-order valence-electron chi connectivity index (χ1n) is 11.9. The predicted octanol–water partition coefficient (Wildman–Crippen LogP) is 4.32. The largest absolute Gasteiger partial charge is 0.478 e. The van der Waals surface area contributed by atoms with Crippen LogP contribution in [0.15, 0.2) is 79.0 Å². The van der Waals surface area contributed by atoms with E-state index in [4.69, 9.17) is 5.11 Å². The van der Waals surface area contributed by atoms with Crippen molar-refractivity contribution in [2.75, 3.05) is 16.0 Å². The first-order valence-corrected chi connectivity index (χ1v) is 11.9. The lowest BCUT2D eigenvalue weighted by Crippen LogP contribution is -2.16. The van der Waals surface area contributed by atoms with E-state index < -0.39 is 5.97 Å². The van der Waals surface area contributed by atoms with Crippen molar-refractivity contribution in [3.05, 3.63) is 113 Å². The Labute approximate surface area is 223 Å². The molecule has 0 bridgehead atoms. The van der Waals surface area contributed by atoms with Crippen molar-refractivity contribution in [2.45, 2.75) is 6.92 Å². The summed E-state index contributed by atoms with van der Waals surface area (Å²) in [5, 5.41) is 21.8. The smallest absolute Gasteiger partial charge is 0.335 e. The van der Waals surface area contributed by atoms with Crippen molar-refractivity contribution >= 4 is 46.2 Å². The Morgan fingerprint density at radius 1 is 0.923 bits per heavy atom. The molecule has 0 atom stereocenters. The maximum absolute atomic E-state index is 13.3. The molecule has 0 unspecified atom stereocenters. The normalized spacial score (nSPS) is 13.1. The third-order valence-corrected chi connectivity index (χ3v) is 6.20. The fourth-order valence-corrected chi connectivity index (χ4v) is 4.27. The average Bonchev–Trinajstić information content (AvgIpc) is 3.43. The standard InChI is InChI=1S/C29H23N5O5/c1-16-12-25(34(2)33-16)28(37)31-21-5-3-4-18(13-21)26(35)19-8-11-22-23(27(36)32-24(22)14-19)15-30-20-9-6-17(7-10-20)29(38)39/h3-15,30H,1-2H3,(H,31,37)(H,32,36)(H,38,39)/b23-15+. The Bertz CT molecular complexity index is 1680. The lowest BCUT2D eigenvalue weighted by atomic mass is 9.99. The number of hydrogen-bond acceptors (Lipinski definition) is 6. The van der Waals surface area contributed by atoms with Crippen LogP contribution >= 0.6 is 0 Å². The number of ketones is 1. The molecule has 4 aromatic rings. The molecule has 0 saturated heterocycles. The Balaban J connectivity index is 1.33. The summed E-state index contributed by atoms with van der Waals surface area (Å²) in [6, 6.07) is 19.4. The average molecular weight is 522 g/mol. The van der Waals surface area contributed by atoms with Crippen LogP contribution in [0.4, 0.5) is 17.1 Å². The van der Waals surface area contributed by atoms with Gasteiger partial charge in [0.1, 0.15) is 5.69 Å². The molecule has 10 heteroatoms.